The Morgan fingerprint density at radius 2 is 2.05 bits per heavy atom. The Kier molecular flexibility index (Phi) is 5.13. The van der Waals surface area contributed by atoms with E-state index in [2.05, 4.69) is 50.8 Å². The Hall–Kier alpha value is -1.67. The minimum absolute atomic E-state index is 0.248. The molecule has 2 aromatic rings. The number of carbonyl (C=O) groups is 2. The zero-order chi connectivity index (χ0) is 15.4. The largest absolute Gasteiger partial charge is 0.290 e. The molecule has 2 aromatic heterocycles. The molecule has 0 saturated carbocycles. The number of nitrogens with zero attached hydrogens (tertiary/aromatic N) is 1. The van der Waals surface area contributed by atoms with Gasteiger partial charge in [-0.3, -0.25) is 25.5 Å². The highest BCUT2D eigenvalue weighted by Crippen LogP contribution is 2.21. The summed E-state index contributed by atoms with van der Waals surface area (Å²) in [6.45, 7) is 4.17. The van der Waals surface area contributed by atoms with E-state index in [0.717, 1.165) is 15.9 Å². The molecule has 0 saturated heterocycles. The predicted molar refractivity (Wildman–Crippen MR) is 84.1 cm³/mol. The van der Waals surface area contributed by atoms with E-state index in [1.54, 1.807) is 18.2 Å². The Bertz CT molecular complexity index is 650. The summed E-state index contributed by atoms with van der Waals surface area (Å²) in [6.07, 6.45) is 0.815. The van der Waals surface area contributed by atoms with Crippen LogP contribution in [0.5, 0.6) is 0 Å². The van der Waals surface area contributed by atoms with Crippen molar-refractivity contribution in [2.45, 2.75) is 20.3 Å². The molecule has 0 aliphatic rings. The molecule has 0 aromatic carbocycles. The van der Waals surface area contributed by atoms with Crippen LogP contribution in [0.25, 0.3) is 0 Å². The van der Waals surface area contributed by atoms with E-state index in [-0.39, 0.29) is 11.6 Å². The second-order valence-corrected chi connectivity index (χ2v) is 7.35. The summed E-state index contributed by atoms with van der Waals surface area (Å²) >= 11 is 4.56. The Morgan fingerprint density at radius 1 is 1.33 bits per heavy atom. The van der Waals surface area contributed by atoms with Gasteiger partial charge in [-0.25, -0.2) is 0 Å². The predicted octanol–water partition coefficient (Wildman–Crippen LogP) is 2.51. The van der Waals surface area contributed by atoms with Gasteiger partial charge in [-0.05, 0) is 46.5 Å². The van der Waals surface area contributed by atoms with Gasteiger partial charge in [0.2, 0.25) is 0 Å². The fourth-order valence-corrected chi connectivity index (χ4v) is 2.98. The molecule has 2 amide bonds. The third-order valence-corrected chi connectivity index (χ3v) is 4.20. The molecule has 6 nitrogen and oxygen atoms in total. The molecular formula is C13H15BrN4O2S. The van der Waals surface area contributed by atoms with E-state index in [4.69, 9.17) is 0 Å². The van der Waals surface area contributed by atoms with E-state index in [1.165, 1.54) is 11.3 Å². The molecule has 0 spiro atoms. The number of aromatic nitrogens is 2. The zero-order valence-corrected chi connectivity index (χ0v) is 14.0. The third kappa shape index (κ3) is 4.40. The van der Waals surface area contributed by atoms with Crippen molar-refractivity contribution in [3.8, 4) is 0 Å². The van der Waals surface area contributed by atoms with Gasteiger partial charge < -0.3 is 0 Å². The molecule has 8 heteroatoms. The van der Waals surface area contributed by atoms with Gasteiger partial charge in [0.1, 0.15) is 0 Å². The van der Waals surface area contributed by atoms with E-state index in [9.17, 15) is 9.59 Å². The van der Waals surface area contributed by atoms with Crippen molar-refractivity contribution in [1.82, 2.24) is 21.0 Å². The zero-order valence-electron chi connectivity index (χ0n) is 11.6. The van der Waals surface area contributed by atoms with Crippen molar-refractivity contribution in [3.63, 3.8) is 0 Å². The van der Waals surface area contributed by atoms with Crippen molar-refractivity contribution in [2.24, 2.45) is 5.92 Å². The minimum atomic E-state index is -0.453. The van der Waals surface area contributed by atoms with Gasteiger partial charge in [-0.1, -0.05) is 13.8 Å². The van der Waals surface area contributed by atoms with Crippen LogP contribution in [0, 0.1) is 5.92 Å². The monoisotopic (exact) mass is 370 g/mol. The molecule has 3 N–H and O–H groups in total. The molecule has 0 fully saturated rings. The number of halogens is 1. The maximum atomic E-state index is 11.9. The van der Waals surface area contributed by atoms with Gasteiger partial charge in [0.05, 0.1) is 8.66 Å². The number of hydrogen-bond donors (Lipinski definition) is 3. The first-order chi connectivity index (χ1) is 9.95. The summed E-state index contributed by atoms with van der Waals surface area (Å²) < 4.78 is 0.851. The smallest absolute Gasteiger partial charge is 0.282 e. The van der Waals surface area contributed by atoms with Crippen LogP contribution in [0.4, 0.5) is 0 Å². The number of hydrazine groups is 1. The van der Waals surface area contributed by atoms with E-state index in [1.807, 2.05) is 0 Å². The van der Waals surface area contributed by atoms with Gasteiger partial charge in [-0.15, -0.1) is 11.3 Å². The molecule has 0 unspecified atom stereocenters. The highest BCUT2D eigenvalue weighted by molar-refractivity contribution is 9.11. The van der Waals surface area contributed by atoms with E-state index in [0.29, 0.717) is 10.8 Å². The van der Waals surface area contributed by atoms with Crippen LogP contribution in [0.15, 0.2) is 22.0 Å². The Balaban J connectivity index is 1.89. The molecule has 0 aliphatic carbocycles. The first kappa shape index (κ1) is 15.7. The number of rotatable bonds is 4. The lowest BCUT2D eigenvalue weighted by molar-refractivity contribution is 0.0846. The Morgan fingerprint density at radius 3 is 2.67 bits per heavy atom. The second kappa shape index (κ2) is 6.86. The van der Waals surface area contributed by atoms with Gasteiger partial charge in [0, 0.05) is 5.69 Å². The van der Waals surface area contributed by atoms with Gasteiger partial charge in [0.25, 0.3) is 11.8 Å². The molecule has 2 heterocycles. The molecular weight excluding hydrogens is 356 g/mol. The van der Waals surface area contributed by atoms with Crippen molar-refractivity contribution in [1.29, 1.82) is 0 Å². The number of H-pyrrole nitrogens is 1. The molecule has 0 aliphatic heterocycles. The molecule has 112 valence electrons. The van der Waals surface area contributed by atoms with Gasteiger partial charge in [-0.2, -0.15) is 5.10 Å². The van der Waals surface area contributed by atoms with Crippen LogP contribution in [0.1, 0.15) is 39.7 Å². The average Bonchev–Trinajstić information content (AvgIpc) is 3.04. The number of carbonyl (C=O) groups excluding carboxylic acids is 2. The normalized spacial score (nSPS) is 10.7. The number of aromatic amines is 1. The summed E-state index contributed by atoms with van der Waals surface area (Å²) in [5.74, 6) is -0.347. The maximum Gasteiger partial charge on any atom is 0.290 e. The summed E-state index contributed by atoms with van der Waals surface area (Å²) in [5, 5.41) is 6.74. The topological polar surface area (TPSA) is 86.9 Å². The van der Waals surface area contributed by atoms with Crippen LogP contribution in [0.2, 0.25) is 0 Å². The molecule has 21 heavy (non-hydrogen) atoms. The van der Waals surface area contributed by atoms with Crippen molar-refractivity contribution in [2.75, 3.05) is 0 Å². The fourth-order valence-electron chi connectivity index (χ4n) is 1.70. The van der Waals surface area contributed by atoms with Crippen LogP contribution < -0.4 is 10.9 Å². The Labute approximate surface area is 134 Å². The quantitative estimate of drug-likeness (QED) is 0.722. The number of nitrogens with one attached hydrogen (secondary N) is 3. The summed E-state index contributed by atoms with van der Waals surface area (Å²) in [5.41, 5.74) is 5.84. The van der Waals surface area contributed by atoms with Crippen molar-refractivity contribution < 1.29 is 9.59 Å². The fraction of sp³-hybridized carbons (Fsp3) is 0.308. The summed E-state index contributed by atoms with van der Waals surface area (Å²) in [7, 11) is 0. The lowest BCUT2D eigenvalue weighted by atomic mass is 10.1. The molecule has 0 bridgehead atoms. The SMILES string of the molecule is CC(C)Cc1cc(C(=O)NNC(=O)c2ccc(Br)s2)n[nH]1. The van der Waals surface area contributed by atoms with Crippen LogP contribution in [0.3, 0.4) is 0 Å². The lowest BCUT2D eigenvalue weighted by Gasteiger charge is -2.03. The number of amides is 2. The van der Waals surface area contributed by atoms with Crippen LogP contribution >= 0.6 is 27.3 Å². The summed E-state index contributed by atoms with van der Waals surface area (Å²) in [6, 6.07) is 5.13. The summed E-state index contributed by atoms with van der Waals surface area (Å²) in [4.78, 5) is 24.2. The van der Waals surface area contributed by atoms with Crippen LogP contribution in [-0.4, -0.2) is 22.0 Å². The standard InChI is InChI=1S/C13H15BrN4O2S/c1-7(2)5-8-6-9(16-15-8)12(19)17-18-13(20)10-3-4-11(14)21-10/h3-4,6-7H,5H2,1-2H3,(H,15,16)(H,17,19)(H,18,20). The highest BCUT2D eigenvalue weighted by Gasteiger charge is 2.13. The van der Waals surface area contributed by atoms with E-state index < -0.39 is 5.91 Å². The first-order valence-electron chi connectivity index (χ1n) is 6.36. The molecule has 2 rings (SSSR count). The first-order valence-corrected chi connectivity index (χ1v) is 7.97. The van der Waals surface area contributed by atoms with Gasteiger partial charge >= 0.3 is 0 Å². The maximum absolute atomic E-state index is 11.9. The van der Waals surface area contributed by atoms with E-state index >= 15 is 0 Å². The minimum Gasteiger partial charge on any atom is -0.282 e. The molecule has 0 atom stereocenters. The highest BCUT2D eigenvalue weighted by atomic mass is 79.9. The van der Waals surface area contributed by atoms with Crippen LogP contribution in [-0.2, 0) is 6.42 Å². The number of thiophene rings is 1. The van der Waals surface area contributed by atoms with Crippen molar-refractivity contribution >= 4 is 39.1 Å². The third-order valence-electron chi connectivity index (χ3n) is 2.58. The average molecular weight is 371 g/mol. The molecule has 0 radical (unpaired) electrons. The lowest BCUT2D eigenvalue weighted by Crippen LogP contribution is -2.41. The number of hydrogen-bond acceptors (Lipinski definition) is 4. The van der Waals surface area contributed by atoms with Crippen molar-refractivity contribution in [3.05, 3.63) is 38.3 Å². The van der Waals surface area contributed by atoms with Gasteiger partial charge in [0.15, 0.2) is 5.69 Å². The second-order valence-electron chi connectivity index (χ2n) is 4.89.